The van der Waals surface area contributed by atoms with Gasteiger partial charge in [0.05, 0.1) is 17.7 Å². The van der Waals surface area contributed by atoms with Crippen LogP contribution in [0.4, 0.5) is 10.1 Å². The van der Waals surface area contributed by atoms with Crippen LogP contribution in [0.2, 0.25) is 0 Å². The zero-order valence-electron chi connectivity index (χ0n) is 23.2. The van der Waals surface area contributed by atoms with Gasteiger partial charge in [-0.1, -0.05) is 44.2 Å². The van der Waals surface area contributed by atoms with E-state index in [-0.39, 0.29) is 29.1 Å². The number of methoxy groups -OCH3 is 1. The van der Waals surface area contributed by atoms with Gasteiger partial charge in [0, 0.05) is 12.6 Å². The van der Waals surface area contributed by atoms with Gasteiger partial charge in [-0.25, -0.2) is 12.8 Å². The molecule has 0 aliphatic heterocycles. The minimum absolute atomic E-state index is 0.0779. The standard InChI is InChI=1S/C30H36FN3O5S/c1-5-22(3)32-30(36)28(6-2)33(20-23-12-16-26(39-4)17-13-23)29(35)21-34(25-10-8-7-9-11-25)40(37,38)27-18-14-24(31)15-19-27/h7-19,22,28H,5-6,20-21H2,1-4H3,(H,32,36)/t22-,28+/m0/s1. The summed E-state index contributed by atoms with van der Waals surface area (Å²) in [5, 5.41) is 2.95. The highest BCUT2D eigenvalue weighted by Crippen LogP contribution is 2.25. The predicted octanol–water partition coefficient (Wildman–Crippen LogP) is 4.75. The quantitative estimate of drug-likeness (QED) is 0.321. The largest absolute Gasteiger partial charge is 0.497 e. The maximum Gasteiger partial charge on any atom is 0.264 e. The van der Waals surface area contributed by atoms with Gasteiger partial charge in [-0.05, 0) is 73.9 Å². The third kappa shape index (κ3) is 7.59. The van der Waals surface area contributed by atoms with Crippen molar-refractivity contribution in [3.63, 3.8) is 0 Å². The number of amides is 2. The van der Waals surface area contributed by atoms with Crippen LogP contribution < -0.4 is 14.4 Å². The summed E-state index contributed by atoms with van der Waals surface area (Å²) in [4.78, 5) is 28.5. The first-order valence-corrected chi connectivity index (χ1v) is 14.6. The summed E-state index contributed by atoms with van der Waals surface area (Å²) in [6.07, 6.45) is 1.03. The highest BCUT2D eigenvalue weighted by molar-refractivity contribution is 7.92. The Balaban J connectivity index is 2.02. The van der Waals surface area contributed by atoms with Crippen molar-refractivity contribution in [2.45, 2.75) is 57.1 Å². The van der Waals surface area contributed by atoms with Crippen molar-refractivity contribution >= 4 is 27.5 Å². The lowest BCUT2D eigenvalue weighted by molar-refractivity contribution is -0.140. The molecule has 0 aliphatic rings. The average Bonchev–Trinajstić information content (AvgIpc) is 2.96. The van der Waals surface area contributed by atoms with Crippen molar-refractivity contribution < 1.29 is 27.1 Å². The summed E-state index contributed by atoms with van der Waals surface area (Å²) in [5.74, 6) is -0.809. The van der Waals surface area contributed by atoms with E-state index in [4.69, 9.17) is 4.74 Å². The Hall–Kier alpha value is -3.92. The number of benzene rings is 3. The number of nitrogens with one attached hydrogen (secondary N) is 1. The first kappa shape index (κ1) is 30.6. The molecule has 10 heteroatoms. The summed E-state index contributed by atoms with van der Waals surface area (Å²) in [5.41, 5.74) is 1.01. The van der Waals surface area contributed by atoms with Crippen LogP contribution in [0, 0.1) is 5.82 Å². The van der Waals surface area contributed by atoms with Crippen LogP contribution in [0.3, 0.4) is 0 Å². The van der Waals surface area contributed by atoms with Crippen LogP contribution in [0.1, 0.15) is 39.2 Å². The molecule has 0 aromatic heterocycles. The molecule has 0 saturated heterocycles. The first-order valence-electron chi connectivity index (χ1n) is 13.2. The van der Waals surface area contributed by atoms with Crippen LogP contribution in [-0.2, 0) is 26.2 Å². The van der Waals surface area contributed by atoms with Crippen molar-refractivity contribution in [3.05, 3.63) is 90.2 Å². The Morgan fingerprint density at radius 3 is 2.10 bits per heavy atom. The second kappa shape index (κ2) is 13.9. The molecule has 0 radical (unpaired) electrons. The van der Waals surface area contributed by atoms with Crippen molar-refractivity contribution in [1.29, 1.82) is 0 Å². The molecule has 0 heterocycles. The molecule has 3 rings (SSSR count). The van der Waals surface area contributed by atoms with Gasteiger partial charge in [-0.15, -0.1) is 0 Å². The number of anilines is 1. The van der Waals surface area contributed by atoms with Crippen molar-refractivity contribution in [2.75, 3.05) is 18.0 Å². The highest BCUT2D eigenvalue weighted by atomic mass is 32.2. The normalized spacial score (nSPS) is 12.7. The number of rotatable bonds is 13. The van der Waals surface area contributed by atoms with Crippen molar-refractivity contribution in [2.24, 2.45) is 0 Å². The second-order valence-corrected chi connectivity index (χ2v) is 11.3. The van der Waals surface area contributed by atoms with E-state index < -0.39 is 34.3 Å². The van der Waals surface area contributed by atoms with E-state index in [0.717, 1.165) is 34.1 Å². The van der Waals surface area contributed by atoms with Crippen LogP contribution in [0.25, 0.3) is 0 Å². The Labute approximate surface area is 235 Å². The Kier molecular flexibility index (Phi) is 10.7. The minimum Gasteiger partial charge on any atom is -0.497 e. The third-order valence-electron chi connectivity index (χ3n) is 6.62. The van der Waals surface area contributed by atoms with Gasteiger partial charge >= 0.3 is 0 Å². The number of ether oxygens (including phenoxy) is 1. The summed E-state index contributed by atoms with van der Waals surface area (Å²) >= 11 is 0. The smallest absolute Gasteiger partial charge is 0.264 e. The number of para-hydroxylation sites is 1. The number of carbonyl (C=O) groups excluding carboxylic acids is 2. The maximum atomic E-state index is 14.0. The molecular formula is C30H36FN3O5S. The molecule has 0 spiro atoms. The lowest BCUT2D eigenvalue weighted by Gasteiger charge is -2.33. The molecule has 0 bridgehead atoms. The molecule has 3 aromatic rings. The summed E-state index contributed by atoms with van der Waals surface area (Å²) in [6.45, 7) is 5.15. The van der Waals surface area contributed by atoms with Crippen LogP contribution >= 0.6 is 0 Å². The van der Waals surface area contributed by atoms with E-state index in [1.807, 2.05) is 13.8 Å². The average molecular weight is 570 g/mol. The van der Waals surface area contributed by atoms with E-state index in [2.05, 4.69) is 5.32 Å². The number of nitrogens with zero attached hydrogens (tertiary/aromatic N) is 2. The minimum atomic E-state index is -4.25. The Bertz CT molecular complexity index is 1370. The van der Waals surface area contributed by atoms with Gasteiger partial charge < -0.3 is 15.0 Å². The van der Waals surface area contributed by atoms with Crippen molar-refractivity contribution in [1.82, 2.24) is 10.2 Å². The number of halogens is 1. The topological polar surface area (TPSA) is 96.0 Å². The van der Waals surface area contributed by atoms with Gasteiger partial charge in [0.2, 0.25) is 11.8 Å². The maximum absolute atomic E-state index is 14.0. The molecule has 3 aromatic carbocycles. The summed E-state index contributed by atoms with van der Waals surface area (Å²) in [7, 11) is -2.70. The molecule has 1 N–H and O–H groups in total. The number of carbonyl (C=O) groups is 2. The lowest BCUT2D eigenvalue weighted by Crippen LogP contribution is -2.53. The first-order chi connectivity index (χ1) is 19.1. The summed E-state index contributed by atoms with van der Waals surface area (Å²) < 4.78 is 47.3. The van der Waals surface area contributed by atoms with Crippen molar-refractivity contribution in [3.8, 4) is 5.75 Å². The number of hydrogen-bond acceptors (Lipinski definition) is 5. The third-order valence-corrected chi connectivity index (χ3v) is 8.41. The molecular weight excluding hydrogens is 533 g/mol. The predicted molar refractivity (Wildman–Crippen MR) is 153 cm³/mol. The lowest BCUT2D eigenvalue weighted by atomic mass is 10.1. The van der Waals surface area contributed by atoms with Gasteiger partial charge in [-0.3, -0.25) is 13.9 Å². The van der Waals surface area contributed by atoms with E-state index in [1.165, 1.54) is 4.90 Å². The van der Waals surface area contributed by atoms with Gasteiger partial charge in [-0.2, -0.15) is 0 Å². The zero-order valence-corrected chi connectivity index (χ0v) is 24.0. The fraction of sp³-hybridized carbons (Fsp3) is 0.333. The Morgan fingerprint density at radius 2 is 1.55 bits per heavy atom. The molecule has 8 nitrogen and oxygen atoms in total. The fourth-order valence-corrected chi connectivity index (χ4v) is 5.56. The molecule has 0 saturated carbocycles. The van der Waals surface area contributed by atoms with Gasteiger partial charge in [0.1, 0.15) is 24.2 Å². The molecule has 0 fully saturated rings. The van der Waals surface area contributed by atoms with E-state index in [1.54, 1.807) is 68.6 Å². The summed E-state index contributed by atoms with van der Waals surface area (Å²) in [6, 6.07) is 18.8. The molecule has 214 valence electrons. The number of hydrogen-bond donors (Lipinski definition) is 1. The van der Waals surface area contributed by atoms with E-state index in [0.29, 0.717) is 18.6 Å². The fourth-order valence-electron chi connectivity index (χ4n) is 4.15. The molecule has 40 heavy (non-hydrogen) atoms. The van der Waals surface area contributed by atoms with E-state index >= 15 is 0 Å². The molecule has 0 aliphatic carbocycles. The van der Waals surface area contributed by atoms with Crippen LogP contribution in [-0.4, -0.2) is 50.9 Å². The van der Waals surface area contributed by atoms with Gasteiger partial charge in [0.15, 0.2) is 0 Å². The molecule has 2 atom stereocenters. The Morgan fingerprint density at radius 1 is 0.925 bits per heavy atom. The SMILES string of the molecule is CC[C@H](C(=O)N[C@@H](C)CC)N(Cc1ccc(OC)cc1)C(=O)CN(c1ccccc1)S(=O)(=O)c1ccc(F)cc1. The zero-order chi connectivity index (χ0) is 29.3. The molecule has 0 unspecified atom stereocenters. The second-order valence-electron chi connectivity index (χ2n) is 9.41. The van der Waals surface area contributed by atoms with Crippen LogP contribution in [0.5, 0.6) is 5.75 Å². The van der Waals surface area contributed by atoms with Crippen LogP contribution in [0.15, 0.2) is 83.8 Å². The monoisotopic (exact) mass is 569 g/mol. The van der Waals surface area contributed by atoms with E-state index in [9.17, 15) is 22.4 Å². The van der Waals surface area contributed by atoms with Gasteiger partial charge in [0.25, 0.3) is 10.0 Å². The highest BCUT2D eigenvalue weighted by Gasteiger charge is 2.34. The molecule has 2 amide bonds. The number of sulfonamides is 1.